The molecule has 1 fully saturated rings. The van der Waals surface area contributed by atoms with Crippen molar-refractivity contribution in [2.75, 3.05) is 0 Å². The molecule has 1 aliphatic rings. The van der Waals surface area contributed by atoms with Crippen molar-refractivity contribution in [2.45, 2.75) is 0 Å². The lowest BCUT2D eigenvalue weighted by Gasteiger charge is -2.25. The van der Waals surface area contributed by atoms with E-state index in [1.807, 2.05) is 6.07 Å². The number of hydrogen-bond donors (Lipinski definition) is 0. The molecular weight excluding hydrogens is 197 g/mol. The molecule has 62 valence electrons. The Morgan fingerprint density at radius 2 is 1.83 bits per heavy atom. The van der Waals surface area contributed by atoms with Crippen molar-refractivity contribution >= 4 is 27.1 Å². The van der Waals surface area contributed by atoms with Crippen LogP contribution in [0, 0.1) is 0 Å². The third-order valence-corrected chi connectivity index (χ3v) is 5.99. The van der Waals surface area contributed by atoms with Crippen molar-refractivity contribution in [3.05, 3.63) is 30.3 Å². The minimum atomic E-state index is -4.13. The zero-order chi connectivity index (χ0) is 8.60. The van der Waals surface area contributed by atoms with Crippen LogP contribution < -0.4 is 4.43 Å². The Balaban J connectivity index is 2.11. The van der Waals surface area contributed by atoms with Gasteiger partial charge >= 0.3 is 22.7 Å². The minimum absolute atomic E-state index is 0.807. The molecule has 3 nitrogen and oxygen atoms in total. The van der Waals surface area contributed by atoms with E-state index in [-0.39, 0.29) is 0 Å². The first kappa shape index (κ1) is 8.43. The first-order valence-corrected chi connectivity index (χ1v) is 6.34. The molecule has 1 heterocycles. The summed E-state index contributed by atoms with van der Waals surface area (Å²) in [6.45, 7) is 0. The second-order valence-electron chi connectivity index (χ2n) is 2.38. The largest absolute Gasteiger partial charge is 0.735 e. The summed E-state index contributed by atoms with van der Waals surface area (Å²) in [6.07, 6.45) is 0. The van der Waals surface area contributed by atoms with Gasteiger partial charge in [-0.15, -0.1) is 4.20 Å². The smallest absolute Gasteiger partial charge is 0.381 e. The minimum Gasteiger partial charge on any atom is -0.381 e. The molecule has 1 aliphatic heterocycles. The van der Waals surface area contributed by atoms with E-state index in [1.165, 1.54) is 0 Å². The summed E-state index contributed by atoms with van der Waals surface area (Å²) in [4.78, 5) is 0. The molecule has 1 aromatic rings. The Labute approximate surface area is 73.8 Å². The highest BCUT2D eigenvalue weighted by atomic mass is 31.2. The van der Waals surface area contributed by atoms with Crippen LogP contribution in [0.25, 0.3) is 0 Å². The van der Waals surface area contributed by atoms with Gasteiger partial charge in [0.2, 0.25) is 0 Å². The number of hydrogen-bond acceptors (Lipinski definition) is 3. The molecule has 0 amide bonds. The third-order valence-electron chi connectivity index (χ3n) is 1.52. The highest BCUT2D eigenvalue weighted by Crippen LogP contribution is 2.58. The molecule has 0 radical (unpaired) electrons. The van der Waals surface area contributed by atoms with Crippen LogP contribution in [0.1, 0.15) is 0 Å². The molecule has 12 heavy (non-hydrogen) atoms. The van der Waals surface area contributed by atoms with Crippen LogP contribution in [0.5, 0.6) is 0 Å². The maximum atomic E-state index is 12.3. The maximum Gasteiger partial charge on any atom is 0.735 e. The SMILES string of the molecule is O=P1(F)[O][Al]([c]2ccccc2)[O]1. The molecule has 0 bridgehead atoms. The topological polar surface area (TPSA) is 35.5 Å². The fraction of sp³-hybridized carbons (Fsp3) is 0. The maximum absolute atomic E-state index is 12.3. The van der Waals surface area contributed by atoms with Gasteiger partial charge in [0.05, 0.1) is 0 Å². The van der Waals surface area contributed by atoms with E-state index in [0.29, 0.717) is 0 Å². The lowest BCUT2D eigenvalue weighted by molar-refractivity contribution is 0.247. The summed E-state index contributed by atoms with van der Waals surface area (Å²) in [7, 11) is -4.13. The van der Waals surface area contributed by atoms with Crippen LogP contribution in [0.4, 0.5) is 4.20 Å². The first-order valence-electron chi connectivity index (χ1n) is 3.39. The van der Waals surface area contributed by atoms with E-state index in [2.05, 4.69) is 7.15 Å². The normalized spacial score (nSPS) is 20.2. The zero-order valence-electron chi connectivity index (χ0n) is 6.01. The highest BCUT2D eigenvalue weighted by molar-refractivity contribution is 7.54. The molecule has 0 spiro atoms. The van der Waals surface area contributed by atoms with Crippen molar-refractivity contribution in [2.24, 2.45) is 0 Å². The number of benzene rings is 1. The average Bonchev–Trinajstić information content (AvgIpc) is 2.02. The monoisotopic (exact) mass is 202 g/mol. The van der Waals surface area contributed by atoms with E-state index >= 15 is 0 Å². The fourth-order valence-electron chi connectivity index (χ4n) is 0.968. The van der Waals surface area contributed by atoms with Crippen LogP contribution in [0.3, 0.4) is 0 Å². The average molecular weight is 202 g/mol. The summed E-state index contributed by atoms with van der Waals surface area (Å²) >= 11 is -2.12. The molecule has 0 N–H and O–H groups in total. The van der Waals surface area contributed by atoms with Crippen molar-refractivity contribution < 1.29 is 15.9 Å². The van der Waals surface area contributed by atoms with E-state index in [4.69, 9.17) is 0 Å². The first-order chi connectivity index (χ1) is 5.67. The van der Waals surface area contributed by atoms with Gasteiger partial charge in [-0.2, -0.15) is 0 Å². The van der Waals surface area contributed by atoms with E-state index in [9.17, 15) is 8.76 Å². The van der Waals surface area contributed by atoms with Crippen molar-refractivity contribution in [3.8, 4) is 0 Å². The Hall–Kier alpha value is -0.168. The predicted octanol–water partition coefficient (Wildman–Crippen LogP) is 1.51. The van der Waals surface area contributed by atoms with Gasteiger partial charge in [-0.05, 0) is 4.43 Å². The van der Waals surface area contributed by atoms with Crippen molar-refractivity contribution in [1.29, 1.82) is 0 Å². The summed E-state index contributed by atoms with van der Waals surface area (Å²) in [5.74, 6) is 0. The molecule has 0 atom stereocenters. The molecule has 0 aliphatic carbocycles. The van der Waals surface area contributed by atoms with Crippen molar-refractivity contribution in [1.82, 2.24) is 0 Å². The van der Waals surface area contributed by atoms with Gasteiger partial charge < -0.3 is 7.15 Å². The molecule has 6 heteroatoms. The second-order valence-corrected chi connectivity index (χ2v) is 6.26. The van der Waals surface area contributed by atoms with Gasteiger partial charge in [0.1, 0.15) is 0 Å². The molecule has 0 aromatic heterocycles. The van der Waals surface area contributed by atoms with Crippen molar-refractivity contribution in [3.63, 3.8) is 0 Å². The zero-order valence-corrected chi connectivity index (χ0v) is 8.06. The second kappa shape index (κ2) is 2.95. The number of halogens is 1. The summed E-state index contributed by atoms with van der Waals surface area (Å²) < 4.78 is 32.5. The van der Waals surface area contributed by atoms with Crippen LogP contribution in [0.2, 0.25) is 0 Å². The molecule has 0 saturated carbocycles. The van der Waals surface area contributed by atoms with E-state index in [0.717, 1.165) is 4.43 Å². The van der Waals surface area contributed by atoms with Crippen LogP contribution in [0.15, 0.2) is 30.3 Å². The van der Waals surface area contributed by atoms with Gasteiger partial charge in [-0.25, -0.2) is 4.57 Å². The lowest BCUT2D eigenvalue weighted by atomic mass is 10.4. The van der Waals surface area contributed by atoms with Gasteiger partial charge in [-0.1, -0.05) is 30.3 Å². The quantitative estimate of drug-likeness (QED) is 0.511. The standard InChI is InChI=1S/C6H5.Al.FH2O3P/c1-2-4-6-5-3-1;;1-5(2,3)4/h1-5H;;(H2,2,3,4)/q;+2;/p-2. The Kier molecular flexibility index (Phi) is 2.07. The Morgan fingerprint density at radius 3 is 2.33 bits per heavy atom. The molecule has 2 rings (SSSR count). The van der Waals surface area contributed by atoms with E-state index < -0.39 is 22.7 Å². The molecule has 1 saturated heterocycles. The van der Waals surface area contributed by atoms with Crippen LogP contribution >= 0.6 is 7.91 Å². The molecule has 1 aromatic carbocycles. The number of rotatable bonds is 1. The molecule has 0 unspecified atom stereocenters. The van der Waals surface area contributed by atoms with Gasteiger partial charge in [0, 0.05) is 0 Å². The summed E-state index contributed by atoms with van der Waals surface area (Å²) in [6, 6.07) is 8.99. The third kappa shape index (κ3) is 1.61. The highest BCUT2D eigenvalue weighted by Gasteiger charge is 2.52. The summed E-state index contributed by atoms with van der Waals surface area (Å²) in [5.41, 5.74) is 0. The fourth-order valence-corrected chi connectivity index (χ4v) is 4.37. The van der Waals surface area contributed by atoms with Crippen LogP contribution in [-0.4, -0.2) is 14.8 Å². The Morgan fingerprint density at radius 1 is 1.25 bits per heavy atom. The van der Waals surface area contributed by atoms with Gasteiger partial charge in [0.15, 0.2) is 0 Å². The predicted molar refractivity (Wildman–Crippen MR) is 42.7 cm³/mol. The van der Waals surface area contributed by atoms with Gasteiger partial charge in [-0.3, -0.25) is 0 Å². The van der Waals surface area contributed by atoms with Gasteiger partial charge in [0.25, 0.3) is 0 Å². The summed E-state index contributed by atoms with van der Waals surface area (Å²) in [5, 5.41) is 0. The van der Waals surface area contributed by atoms with E-state index in [1.54, 1.807) is 24.3 Å². The Bertz CT molecular complexity index is 321. The molecular formula is C6H5AlFO3P. The van der Waals surface area contributed by atoms with Crippen LogP contribution in [-0.2, 0) is 11.7 Å². The lowest BCUT2D eigenvalue weighted by Crippen LogP contribution is -2.41.